The number of likely N-dealkylation sites (tertiary alicyclic amines) is 1. The minimum absolute atomic E-state index is 0.234. The van der Waals surface area contributed by atoms with Crippen LogP contribution in [0.2, 0.25) is 0 Å². The summed E-state index contributed by atoms with van der Waals surface area (Å²) in [5, 5.41) is 0. The van der Waals surface area contributed by atoms with Gasteiger partial charge in [-0.15, -0.1) is 0 Å². The topological polar surface area (TPSA) is 74.8 Å². The highest BCUT2D eigenvalue weighted by molar-refractivity contribution is 6.23. The number of hydrogen-bond acceptors (Lipinski definition) is 4. The Balaban J connectivity index is 1.51. The Labute approximate surface area is 169 Å². The van der Waals surface area contributed by atoms with Gasteiger partial charge in [0.25, 0.3) is 17.7 Å². The number of benzene rings is 2. The molecule has 29 heavy (non-hydrogen) atoms. The Kier molecular flexibility index (Phi) is 5.25. The first-order valence-corrected chi connectivity index (χ1v) is 9.93. The largest absolute Gasteiger partial charge is 0.281 e. The molecule has 2 aromatic carbocycles. The maximum Gasteiger partial charge on any atom is 0.262 e. The van der Waals surface area contributed by atoms with E-state index in [9.17, 15) is 19.2 Å². The number of amides is 4. The highest BCUT2D eigenvalue weighted by Gasteiger charge is 2.45. The second-order valence-corrected chi connectivity index (χ2v) is 7.41. The first kappa shape index (κ1) is 19.1. The van der Waals surface area contributed by atoms with E-state index in [1.807, 2.05) is 30.3 Å². The van der Waals surface area contributed by atoms with Gasteiger partial charge in [0.15, 0.2) is 0 Å². The minimum Gasteiger partial charge on any atom is -0.281 e. The van der Waals surface area contributed by atoms with Gasteiger partial charge in [0.05, 0.1) is 11.1 Å². The lowest BCUT2D eigenvalue weighted by atomic mass is 10.1. The molecule has 1 atom stereocenters. The van der Waals surface area contributed by atoms with Crippen molar-refractivity contribution < 1.29 is 19.2 Å². The molecule has 4 amide bonds. The Morgan fingerprint density at radius 1 is 0.828 bits per heavy atom. The normalized spacial score (nSPS) is 19.5. The molecule has 1 saturated heterocycles. The van der Waals surface area contributed by atoms with Crippen molar-refractivity contribution in [1.82, 2.24) is 9.80 Å². The van der Waals surface area contributed by atoms with E-state index in [0.717, 1.165) is 16.9 Å². The lowest BCUT2D eigenvalue weighted by Crippen LogP contribution is -2.51. The highest BCUT2D eigenvalue weighted by atomic mass is 16.2. The van der Waals surface area contributed by atoms with Crippen LogP contribution in [-0.4, -0.2) is 46.0 Å². The summed E-state index contributed by atoms with van der Waals surface area (Å²) in [6, 6.07) is 15.5. The molecular weight excluding hydrogens is 368 g/mol. The second-order valence-electron chi connectivity index (χ2n) is 7.41. The molecule has 148 valence electrons. The van der Waals surface area contributed by atoms with Gasteiger partial charge < -0.3 is 0 Å². The van der Waals surface area contributed by atoms with Gasteiger partial charge in [-0.3, -0.25) is 29.0 Å². The van der Waals surface area contributed by atoms with E-state index in [1.54, 1.807) is 24.3 Å². The molecule has 4 rings (SSSR count). The van der Waals surface area contributed by atoms with Crippen LogP contribution in [0.4, 0.5) is 0 Å². The molecule has 1 fully saturated rings. The first-order valence-electron chi connectivity index (χ1n) is 9.93. The van der Waals surface area contributed by atoms with Crippen molar-refractivity contribution in [1.29, 1.82) is 0 Å². The number of aryl methyl sites for hydroxylation is 1. The Morgan fingerprint density at radius 3 is 2.10 bits per heavy atom. The van der Waals surface area contributed by atoms with Gasteiger partial charge in [0, 0.05) is 13.0 Å². The summed E-state index contributed by atoms with van der Waals surface area (Å²) in [4.78, 5) is 53.6. The van der Waals surface area contributed by atoms with E-state index >= 15 is 0 Å². The zero-order chi connectivity index (χ0) is 20.4. The van der Waals surface area contributed by atoms with Gasteiger partial charge in [-0.25, -0.2) is 0 Å². The Morgan fingerprint density at radius 2 is 1.45 bits per heavy atom. The first-order chi connectivity index (χ1) is 14.1. The molecule has 2 aliphatic rings. The lowest BCUT2D eigenvalue weighted by molar-refractivity contribution is -0.146. The molecule has 2 aliphatic heterocycles. The summed E-state index contributed by atoms with van der Waals surface area (Å²) in [5.41, 5.74) is 1.77. The molecule has 0 aliphatic carbocycles. The molecule has 0 aromatic heterocycles. The van der Waals surface area contributed by atoms with Crippen LogP contribution in [0.15, 0.2) is 54.6 Å². The number of hydrogen-bond donors (Lipinski definition) is 0. The van der Waals surface area contributed by atoms with Crippen molar-refractivity contribution in [2.45, 2.75) is 38.1 Å². The predicted molar refractivity (Wildman–Crippen MR) is 106 cm³/mol. The van der Waals surface area contributed by atoms with Crippen molar-refractivity contribution in [3.63, 3.8) is 0 Å². The van der Waals surface area contributed by atoms with Gasteiger partial charge in [-0.1, -0.05) is 42.5 Å². The molecular formula is C23H22N2O4. The van der Waals surface area contributed by atoms with E-state index in [1.165, 1.54) is 4.90 Å². The van der Waals surface area contributed by atoms with Crippen molar-refractivity contribution in [2.75, 3.05) is 6.54 Å². The van der Waals surface area contributed by atoms with E-state index in [0.29, 0.717) is 30.4 Å². The summed E-state index contributed by atoms with van der Waals surface area (Å²) >= 11 is 0. The molecule has 1 unspecified atom stereocenters. The van der Waals surface area contributed by atoms with Crippen molar-refractivity contribution in [3.8, 4) is 0 Å². The maximum atomic E-state index is 13.2. The number of carbonyl (C=O) groups excluding carboxylic acids is 4. The van der Waals surface area contributed by atoms with Crippen LogP contribution in [-0.2, 0) is 16.0 Å². The summed E-state index contributed by atoms with van der Waals surface area (Å²) < 4.78 is 0. The number of imide groups is 2. The van der Waals surface area contributed by atoms with E-state index in [4.69, 9.17) is 0 Å². The average molecular weight is 390 g/mol. The fraction of sp³-hybridized carbons (Fsp3) is 0.304. The van der Waals surface area contributed by atoms with E-state index in [2.05, 4.69) is 0 Å². The van der Waals surface area contributed by atoms with Crippen LogP contribution in [0, 0.1) is 0 Å². The lowest BCUT2D eigenvalue weighted by Gasteiger charge is -2.28. The fourth-order valence-electron chi connectivity index (χ4n) is 4.06. The number of nitrogens with zero attached hydrogens (tertiary/aromatic N) is 2. The summed E-state index contributed by atoms with van der Waals surface area (Å²) in [5.74, 6) is -1.60. The van der Waals surface area contributed by atoms with Crippen LogP contribution in [0.3, 0.4) is 0 Å². The molecule has 0 bridgehead atoms. The quantitative estimate of drug-likeness (QED) is 0.736. The molecule has 0 saturated carbocycles. The van der Waals surface area contributed by atoms with Crippen molar-refractivity contribution in [2.24, 2.45) is 0 Å². The Bertz CT molecular complexity index is 935. The van der Waals surface area contributed by atoms with Crippen molar-refractivity contribution >= 4 is 23.6 Å². The molecule has 0 N–H and O–H groups in total. The van der Waals surface area contributed by atoms with Crippen LogP contribution >= 0.6 is 0 Å². The third-order valence-corrected chi connectivity index (χ3v) is 5.55. The number of rotatable bonds is 5. The predicted octanol–water partition coefficient (Wildman–Crippen LogP) is 2.82. The number of carbonyl (C=O) groups is 4. The SMILES string of the molecule is O=C1CCCC(N2C(=O)c3ccccc3C2=O)C(=O)N1CCCc1ccccc1. The standard InChI is InChI=1S/C23H22N2O4/c26-20-14-6-13-19(25-21(27)17-11-4-5-12-18(17)22(25)28)23(29)24(20)15-7-10-16-8-2-1-3-9-16/h1-5,8-9,11-12,19H,6-7,10,13-15H2. The molecule has 2 aromatic rings. The highest BCUT2D eigenvalue weighted by Crippen LogP contribution is 2.28. The molecule has 6 heteroatoms. The smallest absolute Gasteiger partial charge is 0.262 e. The van der Waals surface area contributed by atoms with Gasteiger partial charge >= 0.3 is 0 Å². The third-order valence-electron chi connectivity index (χ3n) is 5.55. The fourth-order valence-corrected chi connectivity index (χ4v) is 4.06. The maximum absolute atomic E-state index is 13.2. The van der Waals surface area contributed by atoms with E-state index in [-0.39, 0.29) is 18.9 Å². The van der Waals surface area contributed by atoms with Crippen LogP contribution < -0.4 is 0 Å². The molecule has 6 nitrogen and oxygen atoms in total. The zero-order valence-corrected chi connectivity index (χ0v) is 16.0. The Hall–Kier alpha value is -3.28. The molecule has 2 heterocycles. The minimum atomic E-state index is -0.925. The number of fused-ring (bicyclic) bond motifs is 1. The van der Waals surface area contributed by atoms with Gasteiger partial charge in [-0.2, -0.15) is 0 Å². The van der Waals surface area contributed by atoms with Crippen molar-refractivity contribution in [3.05, 3.63) is 71.3 Å². The average Bonchev–Trinajstić information content (AvgIpc) is 2.90. The summed E-state index contributed by atoms with van der Waals surface area (Å²) in [6.45, 7) is 0.284. The van der Waals surface area contributed by atoms with Crippen LogP contribution in [0.5, 0.6) is 0 Å². The molecule has 0 radical (unpaired) electrons. The monoisotopic (exact) mass is 390 g/mol. The zero-order valence-electron chi connectivity index (χ0n) is 16.0. The summed E-state index contributed by atoms with van der Waals surface area (Å²) in [7, 11) is 0. The van der Waals surface area contributed by atoms with Crippen LogP contribution in [0.25, 0.3) is 0 Å². The van der Waals surface area contributed by atoms with Crippen LogP contribution in [0.1, 0.15) is 52.0 Å². The van der Waals surface area contributed by atoms with E-state index < -0.39 is 23.8 Å². The van der Waals surface area contributed by atoms with Gasteiger partial charge in [0.1, 0.15) is 6.04 Å². The second kappa shape index (κ2) is 7.99. The molecule has 0 spiro atoms. The summed E-state index contributed by atoms with van der Waals surface area (Å²) in [6.07, 6.45) is 2.41. The van der Waals surface area contributed by atoms with Gasteiger partial charge in [-0.05, 0) is 43.4 Å². The van der Waals surface area contributed by atoms with Gasteiger partial charge in [0.2, 0.25) is 5.91 Å². The third kappa shape index (κ3) is 3.58.